The molecule has 0 saturated heterocycles. The summed E-state index contributed by atoms with van der Waals surface area (Å²) in [5.41, 5.74) is 2.05. The van der Waals surface area contributed by atoms with E-state index in [2.05, 4.69) is 5.43 Å². The maximum absolute atomic E-state index is 11.3. The Morgan fingerprint density at radius 2 is 1.93 bits per heavy atom. The highest BCUT2D eigenvalue weighted by Gasteiger charge is 2.33. The highest BCUT2D eigenvalue weighted by Crippen LogP contribution is 2.33. The number of carbonyl (C=O) groups is 1. The summed E-state index contributed by atoms with van der Waals surface area (Å²) in [6, 6.07) is 7.20. The predicted octanol–water partition coefficient (Wildman–Crippen LogP) is 0.205. The zero-order valence-electron chi connectivity index (χ0n) is 8.27. The van der Waals surface area contributed by atoms with Gasteiger partial charge in [-0.15, -0.1) is 0 Å². The second kappa shape index (κ2) is 3.78. The lowest BCUT2D eigenvalue weighted by atomic mass is 10.1. The fraction of sp³-hybridized carbons (Fsp3) is 0.300. The van der Waals surface area contributed by atoms with E-state index in [0.717, 1.165) is 0 Å². The maximum atomic E-state index is 11.3. The first-order valence-corrected chi connectivity index (χ1v) is 4.65. The average molecular weight is 208 g/mol. The van der Waals surface area contributed by atoms with E-state index in [1.54, 1.807) is 19.1 Å². The van der Waals surface area contributed by atoms with Crippen LogP contribution in [0.1, 0.15) is 6.92 Å². The zero-order valence-corrected chi connectivity index (χ0v) is 8.27. The number of ether oxygens (including phenoxy) is 2. The van der Waals surface area contributed by atoms with Crippen LogP contribution in [-0.2, 0) is 4.79 Å². The Hall–Kier alpha value is -1.75. The summed E-state index contributed by atoms with van der Waals surface area (Å²) < 4.78 is 11.0. The van der Waals surface area contributed by atoms with Crippen LogP contribution in [-0.4, -0.2) is 18.1 Å². The first kappa shape index (κ1) is 9.79. The van der Waals surface area contributed by atoms with Gasteiger partial charge in [0.25, 0.3) is 5.91 Å². The van der Waals surface area contributed by atoms with Crippen LogP contribution in [0.3, 0.4) is 0 Å². The highest BCUT2D eigenvalue weighted by molar-refractivity contribution is 5.81. The summed E-state index contributed by atoms with van der Waals surface area (Å²) in [6.07, 6.45) is -1.06. The van der Waals surface area contributed by atoms with E-state index in [4.69, 9.17) is 15.3 Å². The van der Waals surface area contributed by atoms with Gasteiger partial charge >= 0.3 is 0 Å². The topological polar surface area (TPSA) is 73.6 Å². The molecule has 0 radical (unpaired) electrons. The monoisotopic (exact) mass is 208 g/mol. The molecule has 3 N–H and O–H groups in total. The summed E-state index contributed by atoms with van der Waals surface area (Å²) in [4.78, 5) is 11.3. The molecular weight excluding hydrogens is 196 g/mol. The second-order valence-corrected chi connectivity index (χ2v) is 3.32. The molecular formula is C10H12N2O3. The van der Waals surface area contributed by atoms with Crippen molar-refractivity contribution in [2.75, 3.05) is 0 Å². The Bertz CT molecular complexity index is 381. The molecule has 0 fully saturated rings. The third-order valence-electron chi connectivity index (χ3n) is 2.24. The van der Waals surface area contributed by atoms with E-state index in [1.165, 1.54) is 0 Å². The number of nitrogens with two attached hydrogens (primary N) is 1. The molecule has 80 valence electrons. The third-order valence-corrected chi connectivity index (χ3v) is 2.24. The lowest BCUT2D eigenvalue weighted by molar-refractivity contribution is -0.133. The minimum Gasteiger partial charge on any atom is -0.482 e. The second-order valence-electron chi connectivity index (χ2n) is 3.32. The van der Waals surface area contributed by atoms with Gasteiger partial charge in [0.1, 0.15) is 6.10 Å². The van der Waals surface area contributed by atoms with Crippen LogP contribution >= 0.6 is 0 Å². The average Bonchev–Trinajstić information content (AvgIpc) is 2.27. The summed E-state index contributed by atoms with van der Waals surface area (Å²) in [5.74, 6) is 5.86. The van der Waals surface area contributed by atoms with Crippen molar-refractivity contribution >= 4 is 5.91 Å². The fourth-order valence-electron chi connectivity index (χ4n) is 1.49. The minimum atomic E-state index is -0.704. The highest BCUT2D eigenvalue weighted by atomic mass is 16.6. The Kier molecular flexibility index (Phi) is 2.47. The van der Waals surface area contributed by atoms with Crippen LogP contribution in [0.25, 0.3) is 0 Å². The summed E-state index contributed by atoms with van der Waals surface area (Å²) in [7, 11) is 0. The Labute approximate surface area is 87.1 Å². The molecule has 1 aromatic carbocycles. The van der Waals surface area contributed by atoms with Gasteiger partial charge in [-0.2, -0.15) is 0 Å². The molecule has 5 nitrogen and oxygen atoms in total. The van der Waals surface area contributed by atoms with E-state index in [-0.39, 0.29) is 6.10 Å². The van der Waals surface area contributed by atoms with E-state index < -0.39 is 12.0 Å². The van der Waals surface area contributed by atoms with Crippen molar-refractivity contribution in [2.45, 2.75) is 19.1 Å². The lowest BCUT2D eigenvalue weighted by Crippen LogP contribution is -2.50. The van der Waals surface area contributed by atoms with Crippen LogP contribution in [0.2, 0.25) is 0 Å². The molecule has 15 heavy (non-hydrogen) atoms. The molecule has 0 aromatic heterocycles. The molecule has 1 aliphatic rings. The molecule has 2 rings (SSSR count). The number of fused-ring (bicyclic) bond motifs is 1. The van der Waals surface area contributed by atoms with Crippen LogP contribution in [0.5, 0.6) is 11.5 Å². The summed E-state index contributed by atoms with van der Waals surface area (Å²) in [6.45, 7) is 1.76. The number of nitrogens with one attached hydrogen (secondary N) is 1. The van der Waals surface area contributed by atoms with Crippen molar-refractivity contribution in [1.82, 2.24) is 5.43 Å². The summed E-state index contributed by atoms with van der Waals surface area (Å²) >= 11 is 0. The standard InChI is InChI=1S/C10H12N2O3/c1-6-9(10(13)12-11)15-8-5-3-2-4-7(8)14-6/h2-6,9H,11H2,1H3,(H,12,13). The number of benzene rings is 1. The quantitative estimate of drug-likeness (QED) is 0.393. The molecule has 0 saturated carbocycles. The first-order valence-electron chi connectivity index (χ1n) is 4.65. The smallest absolute Gasteiger partial charge is 0.278 e. The summed E-state index contributed by atoms with van der Waals surface area (Å²) in [5, 5.41) is 0. The predicted molar refractivity (Wildman–Crippen MR) is 53.3 cm³/mol. The van der Waals surface area contributed by atoms with Gasteiger partial charge in [0.2, 0.25) is 6.10 Å². The Morgan fingerprint density at radius 3 is 2.53 bits per heavy atom. The van der Waals surface area contributed by atoms with Crippen LogP contribution in [0.4, 0.5) is 0 Å². The van der Waals surface area contributed by atoms with Gasteiger partial charge < -0.3 is 9.47 Å². The van der Waals surface area contributed by atoms with Crippen molar-refractivity contribution in [3.63, 3.8) is 0 Å². The van der Waals surface area contributed by atoms with Gasteiger partial charge in [-0.05, 0) is 19.1 Å². The zero-order chi connectivity index (χ0) is 10.8. The Morgan fingerprint density at radius 1 is 1.33 bits per heavy atom. The van der Waals surface area contributed by atoms with Crippen molar-refractivity contribution in [2.24, 2.45) is 5.84 Å². The number of para-hydroxylation sites is 2. The number of hydrazine groups is 1. The number of rotatable bonds is 1. The molecule has 1 aliphatic heterocycles. The number of amides is 1. The van der Waals surface area contributed by atoms with Crippen molar-refractivity contribution < 1.29 is 14.3 Å². The van der Waals surface area contributed by atoms with Crippen molar-refractivity contribution in [3.05, 3.63) is 24.3 Å². The Balaban J connectivity index is 2.25. The normalized spacial score (nSPS) is 23.3. The SMILES string of the molecule is CC1Oc2ccccc2OC1C(=O)NN. The fourth-order valence-corrected chi connectivity index (χ4v) is 1.49. The van der Waals surface area contributed by atoms with E-state index in [9.17, 15) is 4.79 Å². The van der Waals surface area contributed by atoms with Crippen LogP contribution in [0.15, 0.2) is 24.3 Å². The largest absolute Gasteiger partial charge is 0.482 e. The first-order chi connectivity index (χ1) is 7.22. The molecule has 0 bridgehead atoms. The molecule has 1 aromatic rings. The van der Waals surface area contributed by atoms with Gasteiger partial charge in [0.15, 0.2) is 11.5 Å². The molecule has 0 aliphatic carbocycles. The molecule has 5 heteroatoms. The van der Waals surface area contributed by atoms with E-state index >= 15 is 0 Å². The molecule has 2 unspecified atom stereocenters. The van der Waals surface area contributed by atoms with Crippen molar-refractivity contribution in [3.8, 4) is 11.5 Å². The maximum Gasteiger partial charge on any atom is 0.278 e. The molecule has 2 atom stereocenters. The van der Waals surface area contributed by atoms with E-state index in [0.29, 0.717) is 11.5 Å². The van der Waals surface area contributed by atoms with Gasteiger partial charge in [0, 0.05) is 0 Å². The van der Waals surface area contributed by atoms with E-state index in [1.807, 2.05) is 12.1 Å². The lowest BCUT2D eigenvalue weighted by Gasteiger charge is -2.30. The third kappa shape index (κ3) is 1.73. The number of carbonyl (C=O) groups excluding carboxylic acids is 1. The van der Waals surface area contributed by atoms with Crippen molar-refractivity contribution in [1.29, 1.82) is 0 Å². The van der Waals surface area contributed by atoms with Crippen LogP contribution in [0, 0.1) is 0 Å². The molecule has 1 amide bonds. The van der Waals surface area contributed by atoms with Crippen LogP contribution < -0.4 is 20.7 Å². The van der Waals surface area contributed by atoms with Gasteiger partial charge in [0.05, 0.1) is 0 Å². The molecule has 1 heterocycles. The van der Waals surface area contributed by atoms with Gasteiger partial charge in [-0.3, -0.25) is 10.2 Å². The number of hydrogen-bond donors (Lipinski definition) is 2. The van der Waals surface area contributed by atoms with Gasteiger partial charge in [-0.1, -0.05) is 12.1 Å². The number of hydrogen-bond acceptors (Lipinski definition) is 4. The molecule has 0 spiro atoms. The van der Waals surface area contributed by atoms with Gasteiger partial charge in [-0.25, -0.2) is 5.84 Å². The minimum absolute atomic E-state index is 0.358.